The molecule has 0 N–H and O–H groups in total. The highest BCUT2D eigenvalue weighted by molar-refractivity contribution is 5.34. The first-order valence-corrected chi connectivity index (χ1v) is 7.53. The topological polar surface area (TPSA) is 138 Å². The van der Waals surface area contributed by atoms with Crippen molar-refractivity contribution in [3.8, 4) is 0 Å². The fraction of sp³-hybridized carbons (Fsp3) is 0.125. The lowest BCUT2D eigenvalue weighted by Crippen LogP contribution is -2.06. The smallest absolute Gasteiger partial charge is 0.258 e. The number of hydrogen-bond acceptors (Lipinski definition) is 8. The maximum Gasteiger partial charge on any atom is 0.269 e. The van der Waals surface area contributed by atoms with Gasteiger partial charge in [0.05, 0.1) is 9.85 Å². The molecule has 0 aliphatic rings. The SMILES string of the molecule is O=[N+]([O-])c1ccc(Cc2nnc(Cc3ccc([N+](=O)[O-])cc3)nn2)cc1. The van der Waals surface area contributed by atoms with Gasteiger partial charge in [-0.2, -0.15) is 0 Å². The summed E-state index contributed by atoms with van der Waals surface area (Å²) in [7, 11) is 0. The lowest BCUT2D eigenvalue weighted by atomic mass is 10.1. The summed E-state index contributed by atoms with van der Waals surface area (Å²) in [6.45, 7) is 0. The molecule has 2 aromatic carbocycles. The summed E-state index contributed by atoms with van der Waals surface area (Å²) < 4.78 is 0. The van der Waals surface area contributed by atoms with Gasteiger partial charge in [-0.15, -0.1) is 20.4 Å². The van der Waals surface area contributed by atoms with E-state index in [0.29, 0.717) is 24.5 Å². The van der Waals surface area contributed by atoms with E-state index in [1.54, 1.807) is 24.3 Å². The van der Waals surface area contributed by atoms with E-state index in [1.807, 2.05) is 0 Å². The molecule has 0 spiro atoms. The Hall–Kier alpha value is -3.82. The highest BCUT2D eigenvalue weighted by Crippen LogP contribution is 2.15. The van der Waals surface area contributed by atoms with Crippen molar-refractivity contribution in [3.05, 3.63) is 91.5 Å². The van der Waals surface area contributed by atoms with Gasteiger partial charge in [0.25, 0.3) is 11.4 Å². The zero-order valence-electron chi connectivity index (χ0n) is 13.3. The molecule has 1 heterocycles. The Morgan fingerprint density at radius 2 is 0.923 bits per heavy atom. The Morgan fingerprint density at radius 3 is 1.19 bits per heavy atom. The Bertz CT molecular complexity index is 848. The first-order chi connectivity index (χ1) is 12.5. The van der Waals surface area contributed by atoms with Gasteiger partial charge in [0, 0.05) is 37.1 Å². The number of benzene rings is 2. The molecule has 0 saturated heterocycles. The van der Waals surface area contributed by atoms with E-state index in [9.17, 15) is 20.2 Å². The van der Waals surface area contributed by atoms with Crippen molar-refractivity contribution < 1.29 is 9.85 Å². The van der Waals surface area contributed by atoms with Crippen LogP contribution in [0.3, 0.4) is 0 Å². The molecule has 0 aliphatic carbocycles. The molecular weight excluding hydrogens is 340 g/mol. The number of aromatic nitrogens is 4. The van der Waals surface area contributed by atoms with Gasteiger partial charge in [-0.1, -0.05) is 24.3 Å². The molecule has 0 atom stereocenters. The van der Waals surface area contributed by atoms with E-state index in [4.69, 9.17) is 0 Å². The van der Waals surface area contributed by atoms with Gasteiger partial charge in [-0.25, -0.2) is 0 Å². The third kappa shape index (κ3) is 4.17. The van der Waals surface area contributed by atoms with Crippen LogP contribution in [0.1, 0.15) is 22.8 Å². The largest absolute Gasteiger partial charge is 0.269 e. The van der Waals surface area contributed by atoms with Crippen LogP contribution in [0.5, 0.6) is 0 Å². The van der Waals surface area contributed by atoms with Crippen molar-refractivity contribution in [2.45, 2.75) is 12.8 Å². The molecule has 10 nitrogen and oxygen atoms in total. The van der Waals surface area contributed by atoms with Crippen molar-refractivity contribution in [2.75, 3.05) is 0 Å². The second-order valence-corrected chi connectivity index (χ2v) is 5.43. The minimum atomic E-state index is -0.462. The molecule has 0 unspecified atom stereocenters. The summed E-state index contributed by atoms with van der Waals surface area (Å²) in [6.07, 6.45) is 0.714. The van der Waals surface area contributed by atoms with E-state index in [2.05, 4.69) is 20.4 Å². The van der Waals surface area contributed by atoms with E-state index in [-0.39, 0.29) is 11.4 Å². The van der Waals surface area contributed by atoms with Gasteiger partial charge in [-0.05, 0) is 11.1 Å². The molecule has 3 aromatic rings. The van der Waals surface area contributed by atoms with E-state index in [0.717, 1.165) is 11.1 Å². The molecule has 0 fully saturated rings. The van der Waals surface area contributed by atoms with Gasteiger partial charge >= 0.3 is 0 Å². The van der Waals surface area contributed by atoms with Crippen molar-refractivity contribution >= 4 is 11.4 Å². The van der Waals surface area contributed by atoms with Crippen LogP contribution in [-0.2, 0) is 12.8 Å². The second kappa shape index (κ2) is 7.38. The number of nitrogens with zero attached hydrogens (tertiary/aromatic N) is 6. The number of hydrogen-bond donors (Lipinski definition) is 0. The molecule has 26 heavy (non-hydrogen) atoms. The highest BCUT2D eigenvalue weighted by atomic mass is 16.6. The lowest BCUT2D eigenvalue weighted by Gasteiger charge is -2.01. The van der Waals surface area contributed by atoms with Crippen molar-refractivity contribution in [2.24, 2.45) is 0 Å². The average Bonchev–Trinajstić information content (AvgIpc) is 2.64. The van der Waals surface area contributed by atoms with Crippen LogP contribution in [0.2, 0.25) is 0 Å². The van der Waals surface area contributed by atoms with E-state index >= 15 is 0 Å². The predicted molar refractivity (Wildman–Crippen MR) is 89.4 cm³/mol. The number of nitro benzene ring substituents is 2. The molecule has 1 aromatic heterocycles. The van der Waals surface area contributed by atoms with Crippen LogP contribution in [-0.4, -0.2) is 30.2 Å². The van der Waals surface area contributed by atoms with Crippen molar-refractivity contribution in [1.29, 1.82) is 0 Å². The van der Waals surface area contributed by atoms with Gasteiger partial charge in [0.2, 0.25) is 0 Å². The summed E-state index contributed by atoms with van der Waals surface area (Å²) in [4.78, 5) is 20.4. The normalized spacial score (nSPS) is 10.5. The maximum atomic E-state index is 10.6. The third-order valence-corrected chi connectivity index (χ3v) is 3.58. The minimum absolute atomic E-state index is 0.0179. The molecule has 0 radical (unpaired) electrons. The standard InChI is InChI=1S/C16H12N6O4/c23-21(24)13-5-1-11(2-6-13)9-15-17-19-16(20-18-15)10-12-3-7-14(8-4-12)22(25)26/h1-8H,9-10H2. The molecular formula is C16H12N6O4. The molecule has 0 amide bonds. The van der Waals surface area contributed by atoms with Crippen LogP contribution >= 0.6 is 0 Å². The molecule has 0 aliphatic heterocycles. The Balaban J connectivity index is 1.64. The van der Waals surface area contributed by atoms with Crippen LogP contribution < -0.4 is 0 Å². The van der Waals surface area contributed by atoms with Gasteiger partial charge < -0.3 is 0 Å². The molecule has 130 valence electrons. The molecule has 10 heteroatoms. The van der Waals surface area contributed by atoms with Crippen molar-refractivity contribution in [1.82, 2.24) is 20.4 Å². The summed E-state index contributed by atoms with van der Waals surface area (Å²) in [5, 5.41) is 37.3. The van der Waals surface area contributed by atoms with E-state index in [1.165, 1.54) is 24.3 Å². The number of non-ortho nitro benzene ring substituents is 2. The van der Waals surface area contributed by atoms with E-state index < -0.39 is 9.85 Å². The van der Waals surface area contributed by atoms with Crippen LogP contribution in [0.25, 0.3) is 0 Å². The number of rotatable bonds is 6. The second-order valence-electron chi connectivity index (χ2n) is 5.43. The molecule has 0 bridgehead atoms. The minimum Gasteiger partial charge on any atom is -0.258 e. The summed E-state index contributed by atoms with van der Waals surface area (Å²) in [6, 6.07) is 12.2. The first kappa shape index (κ1) is 17.0. The zero-order chi connectivity index (χ0) is 18.5. The summed E-state index contributed by atoms with van der Waals surface area (Å²) in [5.74, 6) is 0.789. The number of nitro groups is 2. The first-order valence-electron chi connectivity index (χ1n) is 7.53. The summed E-state index contributed by atoms with van der Waals surface area (Å²) in [5.41, 5.74) is 1.65. The fourth-order valence-corrected chi connectivity index (χ4v) is 2.25. The van der Waals surface area contributed by atoms with Gasteiger partial charge in [0.15, 0.2) is 11.6 Å². The van der Waals surface area contributed by atoms with Crippen molar-refractivity contribution in [3.63, 3.8) is 0 Å². The Morgan fingerprint density at radius 1 is 0.615 bits per heavy atom. The molecule has 3 rings (SSSR count). The third-order valence-electron chi connectivity index (χ3n) is 3.58. The Kier molecular flexibility index (Phi) is 4.83. The van der Waals surface area contributed by atoms with Crippen LogP contribution in [0, 0.1) is 20.2 Å². The van der Waals surface area contributed by atoms with Gasteiger partial charge in [-0.3, -0.25) is 20.2 Å². The summed E-state index contributed by atoms with van der Waals surface area (Å²) >= 11 is 0. The monoisotopic (exact) mass is 352 g/mol. The molecule has 0 saturated carbocycles. The lowest BCUT2D eigenvalue weighted by molar-refractivity contribution is -0.385. The predicted octanol–water partition coefficient (Wildman–Crippen LogP) is 2.26. The maximum absolute atomic E-state index is 10.6. The average molecular weight is 352 g/mol. The highest BCUT2D eigenvalue weighted by Gasteiger charge is 2.09. The zero-order valence-corrected chi connectivity index (χ0v) is 13.3. The Labute approximate surface area is 146 Å². The quantitative estimate of drug-likeness (QED) is 0.486. The fourth-order valence-electron chi connectivity index (χ4n) is 2.25. The van der Waals surface area contributed by atoms with Crippen LogP contribution in [0.4, 0.5) is 11.4 Å². The van der Waals surface area contributed by atoms with Gasteiger partial charge in [0.1, 0.15) is 0 Å². The van der Waals surface area contributed by atoms with Crippen LogP contribution in [0.15, 0.2) is 48.5 Å².